The van der Waals surface area contributed by atoms with Gasteiger partial charge in [-0.25, -0.2) is 8.42 Å². The minimum atomic E-state index is -3.22. The number of aryl methyl sites for hydroxylation is 1. The van der Waals surface area contributed by atoms with Crippen molar-refractivity contribution in [3.8, 4) is 0 Å². The van der Waals surface area contributed by atoms with E-state index in [2.05, 4.69) is 23.5 Å². The molecule has 0 aromatic heterocycles. The first kappa shape index (κ1) is 13.8. The van der Waals surface area contributed by atoms with Crippen LogP contribution in [0.3, 0.4) is 0 Å². The van der Waals surface area contributed by atoms with Crippen molar-refractivity contribution < 1.29 is 8.42 Å². The highest BCUT2D eigenvalue weighted by Gasteiger charge is 2.08. The summed E-state index contributed by atoms with van der Waals surface area (Å²) in [6.45, 7) is 7.84. The standard InChI is InChI=1S/C12H20N2O2S/c1-5-14(6-2)11-8-7-10(3)12(9-11)13-17(4,15)16/h7-9,13H,5-6H2,1-4H3. The molecule has 0 saturated heterocycles. The van der Waals surface area contributed by atoms with Crippen molar-refractivity contribution in [1.29, 1.82) is 0 Å². The first-order valence-electron chi connectivity index (χ1n) is 5.70. The van der Waals surface area contributed by atoms with Crippen LogP contribution in [0.2, 0.25) is 0 Å². The lowest BCUT2D eigenvalue weighted by Gasteiger charge is -2.22. The van der Waals surface area contributed by atoms with E-state index in [0.717, 1.165) is 30.6 Å². The third-order valence-corrected chi connectivity index (χ3v) is 3.24. The summed E-state index contributed by atoms with van der Waals surface area (Å²) in [4.78, 5) is 2.17. The van der Waals surface area contributed by atoms with Gasteiger partial charge in [-0.05, 0) is 38.5 Å². The average Bonchev–Trinajstić information content (AvgIpc) is 2.22. The molecule has 5 heteroatoms. The molecule has 0 aliphatic carbocycles. The van der Waals surface area contributed by atoms with Crippen molar-refractivity contribution in [2.45, 2.75) is 20.8 Å². The summed E-state index contributed by atoms with van der Waals surface area (Å²) >= 11 is 0. The Morgan fingerprint density at radius 2 is 1.82 bits per heavy atom. The van der Waals surface area contributed by atoms with Crippen LogP contribution in [0, 0.1) is 6.92 Å². The van der Waals surface area contributed by atoms with E-state index < -0.39 is 10.0 Å². The fraction of sp³-hybridized carbons (Fsp3) is 0.500. The van der Waals surface area contributed by atoms with Crippen molar-refractivity contribution >= 4 is 21.4 Å². The number of rotatable bonds is 5. The number of sulfonamides is 1. The average molecular weight is 256 g/mol. The predicted octanol–water partition coefficient (Wildman–Crippen LogP) is 2.21. The Morgan fingerprint density at radius 1 is 1.24 bits per heavy atom. The van der Waals surface area contributed by atoms with Gasteiger partial charge in [0, 0.05) is 18.8 Å². The molecule has 0 unspecified atom stereocenters. The van der Waals surface area contributed by atoms with Gasteiger partial charge >= 0.3 is 0 Å². The maximum Gasteiger partial charge on any atom is 0.229 e. The van der Waals surface area contributed by atoms with Crippen molar-refractivity contribution in [2.75, 3.05) is 29.0 Å². The Morgan fingerprint density at radius 3 is 2.29 bits per heavy atom. The second kappa shape index (κ2) is 5.40. The second-order valence-electron chi connectivity index (χ2n) is 4.05. The van der Waals surface area contributed by atoms with Gasteiger partial charge in [0.1, 0.15) is 0 Å². The Kier molecular flexibility index (Phi) is 4.40. The number of benzene rings is 1. The zero-order valence-electron chi connectivity index (χ0n) is 10.8. The minimum Gasteiger partial charge on any atom is -0.372 e. The molecule has 0 aliphatic rings. The minimum absolute atomic E-state index is 0.650. The topological polar surface area (TPSA) is 49.4 Å². The van der Waals surface area contributed by atoms with Gasteiger partial charge in [-0.15, -0.1) is 0 Å². The molecule has 0 saturated carbocycles. The van der Waals surface area contributed by atoms with Crippen LogP contribution in [-0.4, -0.2) is 27.8 Å². The molecule has 1 aromatic rings. The van der Waals surface area contributed by atoms with Crippen LogP contribution in [0.4, 0.5) is 11.4 Å². The van der Waals surface area contributed by atoms with Crippen LogP contribution in [0.1, 0.15) is 19.4 Å². The summed E-state index contributed by atoms with van der Waals surface area (Å²) in [5, 5.41) is 0. The molecule has 4 nitrogen and oxygen atoms in total. The maximum absolute atomic E-state index is 11.2. The van der Waals surface area contributed by atoms with Crippen LogP contribution in [0.25, 0.3) is 0 Å². The van der Waals surface area contributed by atoms with E-state index >= 15 is 0 Å². The lowest BCUT2D eigenvalue weighted by molar-refractivity contribution is 0.607. The highest BCUT2D eigenvalue weighted by molar-refractivity contribution is 7.92. The largest absolute Gasteiger partial charge is 0.372 e. The summed E-state index contributed by atoms with van der Waals surface area (Å²) in [6.07, 6.45) is 1.16. The Labute approximate surface area is 104 Å². The number of nitrogens with zero attached hydrogens (tertiary/aromatic N) is 1. The molecule has 17 heavy (non-hydrogen) atoms. The third kappa shape index (κ3) is 3.93. The van der Waals surface area contributed by atoms with Gasteiger partial charge in [-0.1, -0.05) is 6.07 Å². The van der Waals surface area contributed by atoms with E-state index in [1.807, 2.05) is 25.1 Å². The molecule has 0 atom stereocenters. The summed E-state index contributed by atoms with van der Waals surface area (Å²) in [5.74, 6) is 0. The van der Waals surface area contributed by atoms with Gasteiger partial charge in [0.25, 0.3) is 0 Å². The lowest BCUT2D eigenvalue weighted by atomic mass is 10.1. The summed E-state index contributed by atoms with van der Waals surface area (Å²) < 4.78 is 25.0. The molecule has 0 spiro atoms. The van der Waals surface area contributed by atoms with Crippen molar-refractivity contribution in [1.82, 2.24) is 0 Å². The maximum atomic E-state index is 11.2. The number of anilines is 2. The molecule has 1 aromatic carbocycles. The van der Waals surface area contributed by atoms with Gasteiger partial charge in [0.05, 0.1) is 11.9 Å². The van der Waals surface area contributed by atoms with Crippen molar-refractivity contribution in [2.24, 2.45) is 0 Å². The molecule has 1 rings (SSSR count). The summed E-state index contributed by atoms with van der Waals surface area (Å²) in [6, 6.07) is 5.82. The molecule has 0 aliphatic heterocycles. The van der Waals surface area contributed by atoms with E-state index in [1.165, 1.54) is 0 Å². The fourth-order valence-electron chi connectivity index (χ4n) is 1.71. The highest BCUT2D eigenvalue weighted by atomic mass is 32.2. The molecule has 96 valence electrons. The first-order chi connectivity index (χ1) is 7.87. The van der Waals surface area contributed by atoms with Crippen molar-refractivity contribution in [3.05, 3.63) is 23.8 Å². The lowest BCUT2D eigenvalue weighted by Crippen LogP contribution is -2.22. The number of nitrogens with one attached hydrogen (secondary N) is 1. The molecule has 0 bridgehead atoms. The number of hydrogen-bond acceptors (Lipinski definition) is 3. The van der Waals surface area contributed by atoms with Gasteiger partial charge < -0.3 is 4.90 Å². The van der Waals surface area contributed by atoms with Crippen LogP contribution in [0.5, 0.6) is 0 Å². The molecular weight excluding hydrogens is 236 g/mol. The Bertz CT molecular complexity index is 479. The smallest absolute Gasteiger partial charge is 0.229 e. The number of hydrogen-bond donors (Lipinski definition) is 1. The van der Waals surface area contributed by atoms with E-state index in [1.54, 1.807) is 0 Å². The molecule has 0 amide bonds. The zero-order valence-corrected chi connectivity index (χ0v) is 11.6. The van der Waals surface area contributed by atoms with Crippen LogP contribution < -0.4 is 9.62 Å². The predicted molar refractivity (Wildman–Crippen MR) is 73.2 cm³/mol. The molecule has 1 N–H and O–H groups in total. The molecule has 0 fully saturated rings. The van der Waals surface area contributed by atoms with E-state index in [-0.39, 0.29) is 0 Å². The quantitative estimate of drug-likeness (QED) is 0.878. The van der Waals surface area contributed by atoms with Gasteiger partial charge in [0.2, 0.25) is 10.0 Å². The zero-order chi connectivity index (χ0) is 13.1. The third-order valence-electron chi connectivity index (χ3n) is 2.65. The summed E-state index contributed by atoms with van der Waals surface area (Å²) in [7, 11) is -3.22. The van der Waals surface area contributed by atoms with Crippen molar-refractivity contribution in [3.63, 3.8) is 0 Å². The SMILES string of the molecule is CCN(CC)c1ccc(C)c(NS(C)(=O)=O)c1. The normalized spacial score (nSPS) is 11.3. The van der Waals surface area contributed by atoms with Gasteiger partial charge in [-0.2, -0.15) is 0 Å². The highest BCUT2D eigenvalue weighted by Crippen LogP contribution is 2.23. The van der Waals surface area contributed by atoms with Gasteiger partial charge in [-0.3, -0.25) is 4.72 Å². The Hall–Kier alpha value is -1.23. The van der Waals surface area contributed by atoms with Crippen LogP contribution in [-0.2, 0) is 10.0 Å². The second-order valence-corrected chi connectivity index (χ2v) is 5.79. The molecular formula is C12H20N2O2S. The van der Waals surface area contributed by atoms with E-state index in [4.69, 9.17) is 0 Å². The monoisotopic (exact) mass is 256 g/mol. The van der Waals surface area contributed by atoms with Crippen LogP contribution >= 0.6 is 0 Å². The Balaban J connectivity index is 3.10. The van der Waals surface area contributed by atoms with E-state index in [0.29, 0.717) is 5.69 Å². The van der Waals surface area contributed by atoms with Crippen LogP contribution in [0.15, 0.2) is 18.2 Å². The first-order valence-corrected chi connectivity index (χ1v) is 7.60. The summed E-state index contributed by atoms with van der Waals surface area (Å²) in [5.41, 5.74) is 2.61. The fourth-order valence-corrected chi connectivity index (χ4v) is 2.32. The van der Waals surface area contributed by atoms with Gasteiger partial charge in [0.15, 0.2) is 0 Å². The van der Waals surface area contributed by atoms with E-state index in [9.17, 15) is 8.42 Å². The molecule has 0 radical (unpaired) electrons. The molecule has 0 heterocycles.